The van der Waals surface area contributed by atoms with E-state index < -0.39 is 11.6 Å². The summed E-state index contributed by atoms with van der Waals surface area (Å²) in [5, 5.41) is 9.62. The maximum absolute atomic E-state index is 13.2. The van der Waals surface area contributed by atoms with Gasteiger partial charge < -0.3 is 5.11 Å². The molecule has 18 heavy (non-hydrogen) atoms. The average Bonchev–Trinajstić information content (AvgIpc) is 2.32. The van der Waals surface area contributed by atoms with Gasteiger partial charge in [-0.15, -0.1) is 0 Å². The Labute approximate surface area is 113 Å². The molecule has 0 atom stereocenters. The number of benzene rings is 1. The predicted molar refractivity (Wildman–Crippen MR) is 68.5 cm³/mol. The van der Waals surface area contributed by atoms with Gasteiger partial charge in [-0.25, -0.2) is 14.4 Å². The van der Waals surface area contributed by atoms with Gasteiger partial charge in [-0.05, 0) is 24.6 Å². The van der Waals surface area contributed by atoms with E-state index in [1.54, 1.807) is 0 Å². The molecule has 0 aliphatic heterocycles. The van der Waals surface area contributed by atoms with Crippen LogP contribution in [0.1, 0.15) is 12.5 Å². The molecule has 2 rings (SSSR count). The lowest BCUT2D eigenvalue weighted by Gasteiger charge is -2.06. The van der Waals surface area contributed by atoms with Gasteiger partial charge >= 0.3 is 0 Å². The number of halogens is 3. The molecule has 3 nitrogen and oxygen atoms in total. The van der Waals surface area contributed by atoms with Crippen LogP contribution < -0.4 is 0 Å². The third-order valence-electron chi connectivity index (χ3n) is 2.47. The minimum Gasteiger partial charge on any atom is -0.505 e. The predicted octanol–water partition coefficient (Wildman–Crippen LogP) is 3.86. The maximum Gasteiger partial charge on any atom is 0.165 e. The first-order valence-electron chi connectivity index (χ1n) is 5.23. The van der Waals surface area contributed by atoms with Gasteiger partial charge in [-0.3, -0.25) is 0 Å². The summed E-state index contributed by atoms with van der Waals surface area (Å²) in [6.07, 6.45) is 0.613. The maximum atomic E-state index is 13.2. The summed E-state index contributed by atoms with van der Waals surface area (Å²) in [6.45, 7) is 1.89. The van der Waals surface area contributed by atoms with Crippen LogP contribution in [0.25, 0.3) is 11.4 Å². The second-order valence-electron chi connectivity index (χ2n) is 3.63. The molecule has 0 aliphatic carbocycles. The smallest absolute Gasteiger partial charge is 0.165 e. The summed E-state index contributed by atoms with van der Waals surface area (Å²) in [5.41, 5.74) is 1.05. The van der Waals surface area contributed by atoms with Crippen LogP contribution in [0.5, 0.6) is 5.75 Å². The van der Waals surface area contributed by atoms with E-state index in [0.717, 1.165) is 6.07 Å². The van der Waals surface area contributed by atoms with Crippen molar-refractivity contribution in [3.63, 3.8) is 0 Å². The summed E-state index contributed by atoms with van der Waals surface area (Å²) in [4.78, 5) is 8.13. The minimum atomic E-state index is -0.747. The average molecular weight is 287 g/mol. The molecular weight excluding hydrogens is 278 g/mol. The molecule has 0 saturated heterocycles. The van der Waals surface area contributed by atoms with Crippen LogP contribution in [-0.4, -0.2) is 15.1 Å². The van der Waals surface area contributed by atoms with E-state index in [4.69, 9.17) is 28.3 Å². The molecule has 1 aromatic heterocycles. The van der Waals surface area contributed by atoms with E-state index in [2.05, 4.69) is 9.97 Å². The molecule has 1 N–H and O–H groups in total. The van der Waals surface area contributed by atoms with Crippen molar-refractivity contribution >= 4 is 23.2 Å². The molecule has 0 fully saturated rings. The van der Waals surface area contributed by atoms with Crippen molar-refractivity contribution in [3.05, 3.63) is 39.9 Å². The van der Waals surface area contributed by atoms with Crippen molar-refractivity contribution in [2.75, 3.05) is 0 Å². The molecule has 0 saturated carbocycles. The summed E-state index contributed by atoms with van der Waals surface area (Å²) in [5.74, 6) is -0.954. The van der Waals surface area contributed by atoms with Crippen molar-refractivity contribution in [1.29, 1.82) is 0 Å². The molecule has 1 heterocycles. The molecular formula is C12H9Cl2FN2O. The molecule has 2 aromatic rings. The number of phenolic OH excluding ortho intramolecular Hbond substituents is 1. The quantitative estimate of drug-likeness (QED) is 0.853. The lowest BCUT2D eigenvalue weighted by Crippen LogP contribution is -1.96. The van der Waals surface area contributed by atoms with E-state index in [1.807, 2.05) is 6.92 Å². The molecule has 0 amide bonds. The van der Waals surface area contributed by atoms with Gasteiger partial charge in [-0.2, -0.15) is 0 Å². The minimum absolute atomic E-state index is 0.223. The van der Waals surface area contributed by atoms with Crippen LogP contribution in [-0.2, 0) is 6.42 Å². The van der Waals surface area contributed by atoms with Crippen LogP contribution in [0.3, 0.4) is 0 Å². The number of hydrogen-bond acceptors (Lipinski definition) is 3. The Hall–Kier alpha value is -1.39. The first-order valence-corrected chi connectivity index (χ1v) is 5.99. The standard InChI is InChI=1S/C12H9Cl2FN2O/c1-2-7-10(13)16-12(17-11(7)14)6-3-4-9(18)8(15)5-6/h3-5,18H,2H2,1H3. The number of hydrogen-bond donors (Lipinski definition) is 1. The Morgan fingerprint density at radius 1 is 1.22 bits per heavy atom. The normalized spacial score (nSPS) is 10.7. The molecule has 0 unspecified atom stereocenters. The third-order valence-corrected chi connectivity index (χ3v) is 3.09. The lowest BCUT2D eigenvalue weighted by atomic mass is 10.2. The van der Waals surface area contributed by atoms with Gasteiger partial charge in [-0.1, -0.05) is 30.1 Å². The van der Waals surface area contributed by atoms with Gasteiger partial charge in [0.1, 0.15) is 10.3 Å². The highest BCUT2D eigenvalue weighted by atomic mass is 35.5. The number of nitrogens with zero attached hydrogens (tertiary/aromatic N) is 2. The molecule has 0 radical (unpaired) electrons. The van der Waals surface area contributed by atoms with Crippen molar-refractivity contribution in [2.45, 2.75) is 13.3 Å². The van der Waals surface area contributed by atoms with Crippen LogP contribution in [0.4, 0.5) is 4.39 Å². The fraction of sp³-hybridized carbons (Fsp3) is 0.167. The molecule has 94 valence electrons. The third kappa shape index (κ3) is 2.40. The Kier molecular flexibility index (Phi) is 3.68. The SMILES string of the molecule is CCc1c(Cl)nc(-c2ccc(O)c(F)c2)nc1Cl. The highest BCUT2D eigenvalue weighted by molar-refractivity contribution is 6.34. The first kappa shape index (κ1) is 13.1. The molecule has 6 heteroatoms. The van der Waals surface area contributed by atoms with E-state index in [1.165, 1.54) is 12.1 Å². The summed E-state index contributed by atoms with van der Waals surface area (Å²) >= 11 is 12.0. The zero-order valence-electron chi connectivity index (χ0n) is 9.41. The fourth-order valence-electron chi connectivity index (χ4n) is 1.50. The zero-order chi connectivity index (χ0) is 13.3. The second-order valence-corrected chi connectivity index (χ2v) is 4.34. The highest BCUT2D eigenvalue weighted by Gasteiger charge is 2.12. The zero-order valence-corrected chi connectivity index (χ0v) is 10.9. The molecule has 1 aromatic carbocycles. The Morgan fingerprint density at radius 2 is 1.83 bits per heavy atom. The van der Waals surface area contributed by atoms with Gasteiger partial charge in [0, 0.05) is 11.1 Å². The van der Waals surface area contributed by atoms with E-state index >= 15 is 0 Å². The van der Waals surface area contributed by atoms with Crippen LogP contribution in [0.15, 0.2) is 18.2 Å². The van der Waals surface area contributed by atoms with Crippen molar-refractivity contribution in [2.24, 2.45) is 0 Å². The van der Waals surface area contributed by atoms with Gasteiger partial charge in [0.2, 0.25) is 0 Å². The topological polar surface area (TPSA) is 46.0 Å². The lowest BCUT2D eigenvalue weighted by molar-refractivity contribution is 0.432. The largest absolute Gasteiger partial charge is 0.505 e. The molecule has 0 bridgehead atoms. The van der Waals surface area contributed by atoms with Crippen LogP contribution in [0.2, 0.25) is 10.3 Å². The Balaban J connectivity index is 2.54. The van der Waals surface area contributed by atoms with Crippen molar-refractivity contribution in [1.82, 2.24) is 9.97 Å². The van der Waals surface area contributed by atoms with Gasteiger partial charge in [0.15, 0.2) is 17.4 Å². The highest BCUT2D eigenvalue weighted by Crippen LogP contribution is 2.27. The number of phenols is 1. The molecule has 0 aliphatic rings. The Bertz CT molecular complexity index is 582. The number of aromatic nitrogens is 2. The number of rotatable bonds is 2. The van der Waals surface area contributed by atoms with Crippen molar-refractivity contribution in [3.8, 4) is 17.1 Å². The van der Waals surface area contributed by atoms with Crippen molar-refractivity contribution < 1.29 is 9.50 Å². The second kappa shape index (κ2) is 5.08. The fourth-order valence-corrected chi connectivity index (χ4v) is 2.15. The van der Waals surface area contributed by atoms with Gasteiger partial charge in [0.25, 0.3) is 0 Å². The van der Waals surface area contributed by atoms with Gasteiger partial charge in [0.05, 0.1) is 0 Å². The first-order chi connectivity index (χ1) is 8.52. The summed E-state index contributed by atoms with van der Waals surface area (Å²) in [6, 6.07) is 3.85. The van der Waals surface area contributed by atoms with E-state index in [0.29, 0.717) is 17.5 Å². The molecule has 0 spiro atoms. The summed E-state index contributed by atoms with van der Waals surface area (Å²) < 4.78 is 13.2. The Morgan fingerprint density at radius 3 is 2.33 bits per heavy atom. The monoisotopic (exact) mass is 286 g/mol. The van der Waals surface area contributed by atoms with Crippen LogP contribution in [0, 0.1) is 5.82 Å². The summed E-state index contributed by atoms with van der Waals surface area (Å²) in [7, 11) is 0. The van der Waals surface area contributed by atoms with E-state index in [9.17, 15) is 4.39 Å². The van der Waals surface area contributed by atoms with Crippen LogP contribution >= 0.6 is 23.2 Å². The van der Waals surface area contributed by atoms with E-state index in [-0.39, 0.29) is 16.1 Å². The number of aromatic hydroxyl groups is 1.